The lowest BCUT2D eigenvalue weighted by atomic mass is 10.1. The Morgan fingerprint density at radius 1 is 1.07 bits per heavy atom. The van der Waals surface area contributed by atoms with Crippen molar-refractivity contribution in [2.24, 2.45) is 0 Å². The largest absolute Gasteiger partial charge is 0.465 e. The second kappa shape index (κ2) is 9.75. The predicted octanol–water partition coefficient (Wildman–Crippen LogP) is 3.98. The average molecular weight is 408 g/mol. The Kier molecular flexibility index (Phi) is 7.40. The summed E-state index contributed by atoms with van der Waals surface area (Å²) in [6.07, 6.45) is 2.67. The van der Waals surface area contributed by atoms with Crippen LogP contribution in [0.5, 0.6) is 0 Å². The lowest BCUT2D eigenvalue weighted by Gasteiger charge is -2.07. The fourth-order valence-corrected chi connectivity index (χ4v) is 2.31. The van der Waals surface area contributed by atoms with Crippen LogP contribution in [0, 0.1) is 0 Å². The summed E-state index contributed by atoms with van der Waals surface area (Å²) in [5.74, 6) is -1.70. The molecule has 0 bridgehead atoms. The van der Waals surface area contributed by atoms with Gasteiger partial charge in [-0.05, 0) is 42.0 Å². The van der Waals surface area contributed by atoms with Crippen molar-refractivity contribution in [3.63, 3.8) is 0 Å². The van der Waals surface area contributed by atoms with Crippen molar-refractivity contribution in [3.8, 4) is 0 Å². The first-order valence-corrected chi connectivity index (χ1v) is 8.43. The summed E-state index contributed by atoms with van der Waals surface area (Å²) >= 11 is 11.8. The van der Waals surface area contributed by atoms with Crippen LogP contribution in [0.4, 0.5) is 5.69 Å². The molecule has 6 nitrogen and oxygen atoms in total. The summed E-state index contributed by atoms with van der Waals surface area (Å²) in [4.78, 5) is 34.9. The summed E-state index contributed by atoms with van der Waals surface area (Å²) in [6, 6.07) is 11.0. The number of hydrogen-bond donors (Lipinski definition) is 1. The molecule has 2 rings (SSSR count). The topological polar surface area (TPSA) is 81.7 Å². The Bertz CT molecular complexity index is 878. The summed E-state index contributed by atoms with van der Waals surface area (Å²) in [7, 11) is 1.29. The summed E-state index contributed by atoms with van der Waals surface area (Å²) < 4.78 is 9.46. The Morgan fingerprint density at radius 2 is 1.78 bits per heavy atom. The van der Waals surface area contributed by atoms with E-state index in [2.05, 4.69) is 10.1 Å². The lowest BCUT2D eigenvalue weighted by Crippen LogP contribution is -2.20. The van der Waals surface area contributed by atoms with Crippen LogP contribution in [-0.4, -0.2) is 31.6 Å². The highest BCUT2D eigenvalue weighted by molar-refractivity contribution is 6.35. The van der Waals surface area contributed by atoms with Gasteiger partial charge in [-0.2, -0.15) is 0 Å². The van der Waals surface area contributed by atoms with Crippen LogP contribution in [0.3, 0.4) is 0 Å². The molecule has 27 heavy (non-hydrogen) atoms. The maximum atomic E-state index is 11.8. The molecule has 0 saturated carbocycles. The van der Waals surface area contributed by atoms with Gasteiger partial charge in [0.1, 0.15) is 0 Å². The van der Waals surface area contributed by atoms with Crippen LogP contribution in [0.15, 0.2) is 48.5 Å². The van der Waals surface area contributed by atoms with Crippen molar-refractivity contribution in [1.82, 2.24) is 0 Å². The zero-order valence-electron chi connectivity index (χ0n) is 14.2. The van der Waals surface area contributed by atoms with Crippen LogP contribution >= 0.6 is 23.2 Å². The van der Waals surface area contributed by atoms with E-state index in [0.717, 1.165) is 0 Å². The average Bonchev–Trinajstić information content (AvgIpc) is 2.67. The molecular weight excluding hydrogens is 393 g/mol. The maximum absolute atomic E-state index is 11.8. The quantitative estimate of drug-likeness (QED) is 0.578. The fourth-order valence-electron chi connectivity index (χ4n) is 1.98. The Morgan fingerprint density at radius 3 is 2.44 bits per heavy atom. The van der Waals surface area contributed by atoms with Gasteiger partial charge < -0.3 is 14.8 Å². The SMILES string of the molecule is COC(=O)c1ccc(/C=C/C(=O)OCC(=O)Nc2cc(Cl)ccc2Cl)cc1. The van der Waals surface area contributed by atoms with Crippen LogP contribution < -0.4 is 5.32 Å². The molecule has 1 N–H and O–H groups in total. The smallest absolute Gasteiger partial charge is 0.337 e. The molecule has 0 aliphatic heterocycles. The number of amides is 1. The number of methoxy groups -OCH3 is 1. The molecule has 0 aliphatic rings. The van der Waals surface area contributed by atoms with Crippen LogP contribution in [-0.2, 0) is 19.1 Å². The van der Waals surface area contributed by atoms with E-state index in [1.54, 1.807) is 36.4 Å². The van der Waals surface area contributed by atoms with Crippen LogP contribution in [0.1, 0.15) is 15.9 Å². The minimum atomic E-state index is -0.695. The molecule has 2 aromatic rings. The van der Waals surface area contributed by atoms with Crippen LogP contribution in [0.25, 0.3) is 6.08 Å². The molecule has 0 heterocycles. The number of rotatable bonds is 6. The molecule has 0 atom stereocenters. The highest BCUT2D eigenvalue weighted by atomic mass is 35.5. The number of halogens is 2. The molecule has 0 saturated heterocycles. The van der Waals surface area contributed by atoms with Crippen LogP contribution in [0.2, 0.25) is 10.0 Å². The number of carbonyl (C=O) groups excluding carboxylic acids is 3. The van der Waals surface area contributed by atoms with E-state index in [-0.39, 0.29) is 0 Å². The second-order valence-corrected chi connectivity index (χ2v) is 6.07. The molecule has 0 aromatic heterocycles. The van der Waals surface area contributed by atoms with Gasteiger partial charge in [0, 0.05) is 11.1 Å². The molecular formula is C19H15Cl2NO5. The van der Waals surface area contributed by atoms with Gasteiger partial charge in [0.15, 0.2) is 6.61 Å². The van der Waals surface area contributed by atoms with Crippen molar-refractivity contribution in [1.29, 1.82) is 0 Å². The lowest BCUT2D eigenvalue weighted by molar-refractivity contribution is -0.142. The standard InChI is InChI=1S/C19H15Cl2NO5/c1-26-19(25)13-5-2-12(3-6-13)4-9-18(24)27-11-17(23)22-16-10-14(20)7-8-15(16)21/h2-10H,11H2,1H3,(H,22,23)/b9-4+. The first-order valence-electron chi connectivity index (χ1n) is 7.67. The fraction of sp³-hybridized carbons (Fsp3) is 0.105. The van der Waals surface area contributed by atoms with Gasteiger partial charge in [0.25, 0.3) is 5.91 Å². The molecule has 8 heteroatoms. The summed E-state index contributed by atoms with van der Waals surface area (Å²) in [5, 5.41) is 3.23. The number of nitrogens with one attached hydrogen (secondary N) is 1. The minimum Gasteiger partial charge on any atom is -0.465 e. The number of anilines is 1. The number of ether oxygens (including phenoxy) is 2. The zero-order valence-corrected chi connectivity index (χ0v) is 15.7. The molecule has 140 valence electrons. The van der Waals surface area contributed by atoms with Crippen molar-refractivity contribution >= 4 is 52.8 Å². The van der Waals surface area contributed by atoms with Gasteiger partial charge in [-0.3, -0.25) is 4.79 Å². The predicted molar refractivity (Wildman–Crippen MR) is 103 cm³/mol. The monoisotopic (exact) mass is 407 g/mol. The van der Waals surface area contributed by atoms with Gasteiger partial charge >= 0.3 is 11.9 Å². The van der Waals surface area contributed by atoms with E-state index in [0.29, 0.717) is 26.9 Å². The maximum Gasteiger partial charge on any atom is 0.337 e. The van der Waals surface area contributed by atoms with Gasteiger partial charge in [0.05, 0.1) is 23.4 Å². The molecule has 0 radical (unpaired) electrons. The third-order valence-electron chi connectivity index (χ3n) is 3.29. The first kappa shape index (κ1) is 20.5. The number of esters is 2. The number of benzene rings is 2. The molecule has 0 fully saturated rings. The van der Waals surface area contributed by atoms with Crippen molar-refractivity contribution in [2.75, 3.05) is 19.0 Å². The highest BCUT2D eigenvalue weighted by Gasteiger charge is 2.09. The zero-order chi connectivity index (χ0) is 19.8. The van der Waals surface area contributed by atoms with E-state index >= 15 is 0 Å². The Hall–Kier alpha value is -2.83. The Balaban J connectivity index is 1.84. The van der Waals surface area contributed by atoms with E-state index in [1.165, 1.54) is 25.3 Å². The second-order valence-electron chi connectivity index (χ2n) is 5.23. The first-order chi connectivity index (χ1) is 12.9. The molecule has 1 amide bonds. The molecule has 0 spiro atoms. The van der Waals surface area contributed by atoms with Gasteiger partial charge in [-0.15, -0.1) is 0 Å². The van der Waals surface area contributed by atoms with Gasteiger partial charge in [0.2, 0.25) is 0 Å². The van der Waals surface area contributed by atoms with E-state index < -0.39 is 24.5 Å². The van der Waals surface area contributed by atoms with E-state index in [4.69, 9.17) is 27.9 Å². The molecule has 2 aromatic carbocycles. The third kappa shape index (κ3) is 6.44. The third-order valence-corrected chi connectivity index (χ3v) is 3.86. The van der Waals surface area contributed by atoms with Crippen molar-refractivity contribution < 1.29 is 23.9 Å². The van der Waals surface area contributed by atoms with Crippen molar-refractivity contribution in [3.05, 3.63) is 69.7 Å². The molecule has 0 aliphatic carbocycles. The minimum absolute atomic E-state index is 0.314. The number of carbonyl (C=O) groups is 3. The number of hydrogen-bond acceptors (Lipinski definition) is 5. The molecule has 0 unspecified atom stereocenters. The van der Waals surface area contributed by atoms with E-state index in [9.17, 15) is 14.4 Å². The summed E-state index contributed by atoms with van der Waals surface area (Å²) in [6.45, 7) is -0.479. The highest BCUT2D eigenvalue weighted by Crippen LogP contribution is 2.25. The normalized spacial score (nSPS) is 10.5. The van der Waals surface area contributed by atoms with Gasteiger partial charge in [-0.25, -0.2) is 9.59 Å². The Labute approximate surface area is 165 Å². The van der Waals surface area contributed by atoms with Gasteiger partial charge in [-0.1, -0.05) is 35.3 Å². The van der Waals surface area contributed by atoms with E-state index in [1.807, 2.05) is 0 Å². The summed E-state index contributed by atoms with van der Waals surface area (Å²) in [5.41, 5.74) is 1.40. The van der Waals surface area contributed by atoms with Crippen molar-refractivity contribution in [2.45, 2.75) is 0 Å².